The number of benzene rings is 2. The zero-order valence-corrected chi connectivity index (χ0v) is 30.8. The van der Waals surface area contributed by atoms with Gasteiger partial charge in [0.2, 0.25) is 23.6 Å². The van der Waals surface area contributed by atoms with E-state index in [1.807, 2.05) is 74.5 Å². The standard InChI is InChI=1S/C38H57N9O6/c1-25(2)23-31(34(50)45-30(15-9-10-20-43-37(40)41)35(51)47-21-18-38(42,19-22-47)36(52)53)46-33(49)29(17-16-26-11-5-3-6-12-26)44-32(48)28(39)24-27-13-7-4-8-14-27/h3-8,11-14,25,28-31H,9-10,15-24,39,42H2,1-2H3,(H,44,48)(H,45,50)(H,46,49)(H,52,53)(H4,40,41,43)/t28-,29-,30-,31-/m1/s1. The molecule has 15 nitrogen and oxygen atoms in total. The molecule has 4 atom stereocenters. The van der Waals surface area contributed by atoms with Gasteiger partial charge in [-0.15, -0.1) is 0 Å². The van der Waals surface area contributed by atoms with E-state index >= 15 is 0 Å². The van der Waals surface area contributed by atoms with Crippen LogP contribution >= 0.6 is 0 Å². The number of nitrogens with two attached hydrogens (primary N) is 4. The minimum Gasteiger partial charge on any atom is -0.480 e. The molecule has 0 saturated carbocycles. The van der Waals surface area contributed by atoms with Gasteiger partial charge >= 0.3 is 5.97 Å². The lowest BCUT2D eigenvalue weighted by atomic mass is 9.88. The highest BCUT2D eigenvalue weighted by molar-refractivity contribution is 5.95. The summed E-state index contributed by atoms with van der Waals surface area (Å²) in [6.45, 7) is 4.38. The number of nitrogens with zero attached hydrogens (tertiary/aromatic N) is 2. The van der Waals surface area contributed by atoms with Gasteiger partial charge in [-0.25, -0.2) is 0 Å². The first-order valence-electron chi connectivity index (χ1n) is 18.3. The molecule has 4 amide bonds. The number of carboxylic acids is 1. The summed E-state index contributed by atoms with van der Waals surface area (Å²) < 4.78 is 0. The number of nitrogens with one attached hydrogen (secondary N) is 3. The van der Waals surface area contributed by atoms with Crippen molar-refractivity contribution in [3.63, 3.8) is 0 Å². The summed E-state index contributed by atoms with van der Waals surface area (Å²) in [5.41, 5.74) is 23.6. The number of piperidine rings is 1. The molecule has 0 spiro atoms. The SMILES string of the molecule is CC(C)C[C@@H](NC(=O)[C@@H](CCc1ccccc1)NC(=O)[C@H](N)Cc1ccccc1)C(=O)N[C@H](CCCCN=C(N)N)C(=O)N1CCC(N)(C(=O)O)CC1. The van der Waals surface area contributed by atoms with E-state index in [2.05, 4.69) is 20.9 Å². The van der Waals surface area contributed by atoms with Gasteiger partial charge in [-0.3, -0.25) is 29.0 Å². The van der Waals surface area contributed by atoms with E-state index < -0.39 is 53.4 Å². The maximum absolute atomic E-state index is 14.0. The molecule has 0 bridgehead atoms. The van der Waals surface area contributed by atoms with Crippen LogP contribution in [0.5, 0.6) is 0 Å². The van der Waals surface area contributed by atoms with Gasteiger partial charge in [-0.05, 0) is 74.8 Å². The van der Waals surface area contributed by atoms with Crippen LogP contribution in [-0.2, 0) is 36.8 Å². The van der Waals surface area contributed by atoms with Gasteiger partial charge in [0, 0.05) is 19.6 Å². The van der Waals surface area contributed by atoms with Gasteiger partial charge < -0.3 is 48.9 Å². The van der Waals surface area contributed by atoms with Crippen molar-refractivity contribution in [3.8, 4) is 0 Å². The number of carbonyl (C=O) groups is 5. The van der Waals surface area contributed by atoms with Crippen molar-refractivity contribution in [2.45, 2.75) is 101 Å². The van der Waals surface area contributed by atoms with Gasteiger partial charge in [0.1, 0.15) is 23.7 Å². The highest BCUT2D eigenvalue weighted by Gasteiger charge is 2.40. The van der Waals surface area contributed by atoms with Crippen LogP contribution in [0.25, 0.3) is 0 Å². The Morgan fingerprint density at radius 2 is 1.34 bits per heavy atom. The van der Waals surface area contributed by atoms with Gasteiger partial charge in [-0.1, -0.05) is 74.5 Å². The molecular formula is C38H57N9O6. The van der Waals surface area contributed by atoms with E-state index in [4.69, 9.17) is 22.9 Å². The van der Waals surface area contributed by atoms with Crippen LogP contribution in [-0.4, -0.2) is 94.9 Å². The average molecular weight is 736 g/mol. The Bertz CT molecular complexity index is 1530. The summed E-state index contributed by atoms with van der Waals surface area (Å²) in [6.07, 6.45) is 2.69. The molecule has 3 rings (SSSR count). The molecule has 0 radical (unpaired) electrons. The Morgan fingerprint density at radius 1 is 0.792 bits per heavy atom. The smallest absolute Gasteiger partial charge is 0.323 e. The molecule has 2 aromatic rings. The topological polar surface area (TPSA) is 261 Å². The molecule has 290 valence electrons. The Balaban J connectivity index is 1.78. The Labute approximate surface area is 311 Å². The Hall–Kier alpha value is -5.02. The number of rotatable bonds is 20. The van der Waals surface area contributed by atoms with Crippen LogP contribution in [0, 0.1) is 5.92 Å². The average Bonchev–Trinajstić information content (AvgIpc) is 3.12. The molecule has 1 aliphatic rings. The number of carbonyl (C=O) groups excluding carboxylic acids is 4. The molecule has 2 aromatic carbocycles. The molecule has 12 N–H and O–H groups in total. The van der Waals surface area contributed by atoms with Crippen molar-refractivity contribution in [3.05, 3.63) is 71.8 Å². The number of hydrogen-bond donors (Lipinski definition) is 8. The number of hydrogen-bond acceptors (Lipinski definition) is 8. The highest BCUT2D eigenvalue weighted by Crippen LogP contribution is 2.21. The van der Waals surface area contributed by atoms with Gasteiger partial charge in [0.15, 0.2) is 5.96 Å². The van der Waals surface area contributed by atoms with Crippen molar-refractivity contribution in [1.82, 2.24) is 20.9 Å². The lowest BCUT2D eigenvalue weighted by molar-refractivity contribution is -0.148. The number of aliphatic carboxylic acids is 1. The van der Waals surface area contributed by atoms with Crippen LogP contribution in [0.1, 0.15) is 69.9 Å². The zero-order chi connectivity index (χ0) is 39.0. The van der Waals surface area contributed by atoms with Crippen LogP contribution in [0.3, 0.4) is 0 Å². The number of aryl methyl sites for hydroxylation is 1. The third kappa shape index (κ3) is 14.1. The first kappa shape index (κ1) is 42.4. The summed E-state index contributed by atoms with van der Waals surface area (Å²) >= 11 is 0. The number of amides is 4. The fraction of sp³-hybridized carbons (Fsp3) is 0.526. The van der Waals surface area contributed by atoms with E-state index in [0.717, 1.165) is 11.1 Å². The first-order valence-corrected chi connectivity index (χ1v) is 18.3. The van der Waals surface area contributed by atoms with Crippen molar-refractivity contribution < 1.29 is 29.1 Å². The zero-order valence-electron chi connectivity index (χ0n) is 30.8. The monoisotopic (exact) mass is 735 g/mol. The Kier molecular flexibility index (Phi) is 16.7. The van der Waals surface area contributed by atoms with E-state index in [9.17, 15) is 29.1 Å². The molecule has 53 heavy (non-hydrogen) atoms. The number of carboxylic acid groups (broad SMARTS) is 1. The predicted octanol–water partition coefficient (Wildman–Crippen LogP) is 0.538. The van der Waals surface area contributed by atoms with Crippen molar-refractivity contribution in [1.29, 1.82) is 0 Å². The van der Waals surface area contributed by atoms with E-state index in [-0.39, 0.29) is 69.4 Å². The third-order valence-corrected chi connectivity index (χ3v) is 9.38. The minimum absolute atomic E-state index is 0.0211. The molecule has 1 aliphatic heterocycles. The Morgan fingerprint density at radius 3 is 1.91 bits per heavy atom. The summed E-state index contributed by atoms with van der Waals surface area (Å²) in [4.78, 5) is 72.2. The summed E-state index contributed by atoms with van der Waals surface area (Å²) in [6, 6.07) is 15.0. The van der Waals surface area contributed by atoms with Gasteiger partial charge in [-0.2, -0.15) is 0 Å². The van der Waals surface area contributed by atoms with Crippen molar-refractivity contribution >= 4 is 35.6 Å². The maximum Gasteiger partial charge on any atom is 0.323 e. The quantitative estimate of drug-likeness (QED) is 0.0532. The van der Waals surface area contributed by atoms with E-state index in [1.165, 1.54) is 4.90 Å². The summed E-state index contributed by atoms with van der Waals surface area (Å²) in [5.74, 6) is -3.17. The summed E-state index contributed by atoms with van der Waals surface area (Å²) in [5, 5.41) is 18.1. The lowest BCUT2D eigenvalue weighted by Gasteiger charge is -2.38. The van der Waals surface area contributed by atoms with Crippen LogP contribution in [0.4, 0.5) is 0 Å². The molecule has 0 unspecified atom stereocenters. The largest absolute Gasteiger partial charge is 0.480 e. The molecule has 15 heteroatoms. The van der Waals surface area contributed by atoms with Gasteiger partial charge in [0.25, 0.3) is 0 Å². The normalized spacial score (nSPS) is 16.1. The lowest BCUT2D eigenvalue weighted by Crippen LogP contribution is -2.60. The number of unbranched alkanes of at least 4 members (excludes halogenated alkanes) is 1. The number of guanidine groups is 1. The van der Waals surface area contributed by atoms with Crippen LogP contribution < -0.4 is 38.9 Å². The summed E-state index contributed by atoms with van der Waals surface area (Å²) in [7, 11) is 0. The highest BCUT2D eigenvalue weighted by atomic mass is 16.4. The van der Waals surface area contributed by atoms with Gasteiger partial charge in [0.05, 0.1) is 6.04 Å². The molecular weight excluding hydrogens is 678 g/mol. The van der Waals surface area contributed by atoms with Crippen LogP contribution in [0.15, 0.2) is 65.7 Å². The third-order valence-electron chi connectivity index (χ3n) is 9.38. The molecule has 0 aromatic heterocycles. The second-order valence-electron chi connectivity index (χ2n) is 14.2. The van der Waals surface area contributed by atoms with E-state index in [1.54, 1.807) is 0 Å². The molecule has 0 aliphatic carbocycles. The van der Waals surface area contributed by atoms with E-state index in [0.29, 0.717) is 25.8 Å². The number of likely N-dealkylation sites (tertiary alicyclic amines) is 1. The molecule has 1 fully saturated rings. The van der Waals surface area contributed by atoms with Crippen molar-refractivity contribution in [2.75, 3.05) is 19.6 Å². The number of aliphatic imine (C=N–C) groups is 1. The predicted molar refractivity (Wildman–Crippen MR) is 203 cm³/mol. The second-order valence-corrected chi connectivity index (χ2v) is 14.2. The van der Waals surface area contributed by atoms with Crippen LogP contribution in [0.2, 0.25) is 0 Å². The fourth-order valence-corrected chi connectivity index (χ4v) is 6.20. The minimum atomic E-state index is -1.43. The molecule has 1 heterocycles. The first-order chi connectivity index (χ1) is 25.2. The second kappa shape index (κ2) is 20.9. The maximum atomic E-state index is 14.0. The molecule has 1 saturated heterocycles. The van der Waals surface area contributed by atoms with Crippen molar-refractivity contribution in [2.24, 2.45) is 33.8 Å². The fourth-order valence-electron chi connectivity index (χ4n) is 6.20.